The van der Waals surface area contributed by atoms with Gasteiger partial charge in [0.15, 0.2) is 5.84 Å². The smallest absolute Gasteiger partial charge is 0.170 e. The summed E-state index contributed by atoms with van der Waals surface area (Å²) in [5.74, 6) is -0.144. The second kappa shape index (κ2) is 6.49. The number of nitrogens with two attached hydrogens (primary N) is 1. The maximum Gasteiger partial charge on any atom is 0.170 e. The summed E-state index contributed by atoms with van der Waals surface area (Å²) in [7, 11) is 0. The number of ether oxygens (including phenoxy) is 2. The Morgan fingerprint density at radius 2 is 2.37 bits per heavy atom. The summed E-state index contributed by atoms with van der Waals surface area (Å²) in [6, 6.07) is 4.23. The first kappa shape index (κ1) is 13.8. The van der Waals surface area contributed by atoms with E-state index in [1.165, 1.54) is 12.1 Å². The fourth-order valence-electron chi connectivity index (χ4n) is 2.00. The molecule has 0 radical (unpaired) electrons. The molecular formula is C13H17FN2O3. The lowest BCUT2D eigenvalue weighted by molar-refractivity contribution is 0.0790. The molecule has 1 aliphatic heterocycles. The number of rotatable bonds is 5. The van der Waals surface area contributed by atoms with Crippen LogP contribution < -0.4 is 5.73 Å². The highest BCUT2D eigenvalue weighted by atomic mass is 19.1. The van der Waals surface area contributed by atoms with E-state index in [9.17, 15) is 4.39 Å². The van der Waals surface area contributed by atoms with Crippen LogP contribution in [0.1, 0.15) is 17.5 Å². The zero-order chi connectivity index (χ0) is 13.7. The summed E-state index contributed by atoms with van der Waals surface area (Å²) in [6.07, 6.45) is 0.999. The lowest BCUT2D eigenvalue weighted by Crippen LogP contribution is -2.14. The number of oxime groups is 1. The van der Waals surface area contributed by atoms with E-state index in [0.29, 0.717) is 30.3 Å². The van der Waals surface area contributed by atoms with Crippen LogP contribution in [0.5, 0.6) is 0 Å². The van der Waals surface area contributed by atoms with Crippen molar-refractivity contribution < 1.29 is 19.1 Å². The van der Waals surface area contributed by atoms with E-state index in [1.807, 2.05) is 0 Å². The quantitative estimate of drug-likeness (QED) is 0.367. The lowest BCUT2D eigenvalue weighted by Gasteiger charge is -2.10. The molecule has 2 rings (SSSR count). The lowest BCUT2D eigenvalue weighted by atomic mass is 10.1. The first-order chi connectivity index (χ1) is 9.19. The first-order valence-electron chi connectivity index (χ1n) is 6.12. The third kappa shape index (κ3) is 3.90. The molecule has 19 heavy (non-hydrogen) atoms. The van der Waals surface area contributed by atoms with Crippen molar-refractivity contribution in [2.75, 3.05) is 19.8 Å². The van der Waals surface area contributed by atoms with Gasteiger partial charge in [-0.05, 0) is 30.2 Å². The number of benzene rings is 1. The Labute approximate surface area is 110 Å². The van der Waals surface area contributed by atoms with Crippen molar-refractivity contribution in [3.05, 3.63) is 35.1 Å². The molecule has 6 heteroatoms. The Morgan fingerprint density at radius 1 is 1.53 bits per heavy atom. The van der Waals surface area contributed by atoms with Gasteiger partial charge in [0.2, 0.25) is 0 Å². The number of nitrogens with zero attached hydrogens (tertiary/aromatic N) is 1. The predicted octanol–water partition coefficient (Wildman–Crippen LogP) is 1.47. The van der Waals surface area contributed by atoms with Crippen LogP contribution >= 0.6 is 0 Å². The van der Waals surface area contributed by atoms with E-state index < -0.39 is 5.82 Å². The number of amidine groups is 1. The van der Waals surface area contributed by atoms with Crippen LogP contribution in [0.15, 0.2) is 23.4 Å². The highest BCUT2D eigenvalue weighted by Crippen LogP contribution is 2.15. The van der Waals surface area contributed by atoms with E-state index in [0.717, 1.165) is 19.6 Å². The molecular weight excluding hydrogens is 251 g/mol. The number of halogens is 1. The van der Waals surface area contributed by atoms with Gasteiger partial charge in [-0.2, -0.15) is 0 Å². The topological polar surface area (TPSA) is 77.1 Å². The van der Waals surface area contributed by atoms with Crippen LogP contribution in [0.4, 0.5) is 4.39 Å². The maximum absolute atomic E-state index is 13.4. The molecule has 104 valence electrons. The molecule has 1 aromatic rings. The molecule has 1 heterocycles. The normalized spacial score (nSPS) is 19.8. The van der Waals surface area contributed by atoms with Crippen molar-refractivity contribution in [1.82, 2.24) is 0 Å². The van der Waals surface area contributed by atoms with Gasteiger partial charge < -0.3 is 20.4 Å². The van der Waals surface area contributed by atoms with Gasteiger partial charge in [0.05, 0.1) is 19.8 Å². The van der Waals surface area contributed by atoms with Crippen LogP contribution in [0.2, 0.25) is 0 Å². The molecule has 1 saturated heterocycles. The Hall–Kier alpha value is -1.66. The van der Waals surface area contributed by atoms with Gasteiger partial charge in [-0.1, -0.05) is 5.16 Å². The summed E-state index contributed by atoms with van der Waals surface area (Å²) in [5.41, 5.74) is 6.43. The van der Waals surface area contributed by atoms with Crippen molar-refractivity contribution in [3.63, 3.8) is 0 Å². The zero-order valence-corrected chi connectivity index (χ0v) is 10.5. The fraction of sp³-hybridized carbons (Fsp3) is 0.462. The highest BCUT2D eigenvalue weighted by Gasteiger charge is 2.15. The Morgan fingerprint density at radius 3 is 3.05 bits per heavy atom. The average molecular weight is 268 g/mol. The molecule has 1 fully saturated rings. The molecule has 0 spiro atoms. The summed E-state index contributed by atoms with van der Waals surface area (Å²) in [5, 5.41) is 11.4. The molecule has 0 bridgehead atoms. The predicted molar refractivity (Wildman–Crippen MR) is 67.5 cm³/mol. The highest BCUT2D eigenvalue weighted by molar-refractivity contribution is 5.97. The summed E-state index contributed by atoms with van der Waals surface area (Å²) < 4.78 is 24.2. The Bertz CT molecular complexity index is 459. The van der Waals surface area contributed by atoms with Gasteiger partial charge in [0.25, 0.3) is 0 Å². The van der Waals surface area contributed by atoms with Gasteiger partial charge in [0.1, 0.15) is 5.82 Å². The molecule has 1 unspecified atom stereocenters. The molecule has 0 saturated carbocycles. The minimum absolute atomic E-state index is 0.120. The third-order valence-electron chi connectivity index (χ3n) is 3.01. The zero-order valence-electron chi connectivity index (χ0n) is 10.5. The van der Waals surface area contributed by atoms with E-state index in [-0.39, 0.29) is 5.84 Å². The number of hydrogen-bond acceptors (Lipinski definition) is 4. The summed E-state index contributed by atoms with van der Waals surface area (Å²) in [4.78, 5) is 0. The monoisotopic (exact) mass is 268 g/mol. The minimum Gasteiger partial charge on any atom is -0.409 e. The average Bonchev–Trinajstić information content (AvgIpc) is 2.90. The van der Waals surface area contributed by atoms with Crippen LogP contribution in [0.25, 0.3) is 0 Å². The van der Waals surface area contributed by atoms with Crippen molar-refractivity contribution in [2.45, 2.75) is 13.0 Å². The molecule has 5 nitrogen and oxygen atoms in total. The van der Waals surface area contributed by atoms with E-state index in [2.05, 4.69) is 5.16 Å². The molecule has 1 atom stereocenters. The number of hydrogen-bond donors (Lipinski definition) is 2. The van der Waals surface area contributed by atoms with Crippen LogP contribution in [0.3, 0.4) is 0 Å². The van der Waals surface area contributed by atoms with Crippen molar-refractivity contribution in [3.8, 4) is 0 Å². The molecule has 0 aromatic heterocycles. The van der Waals surface area contributed by atoms with Crippen LogP contribution in [-0.4, -0.2) is 30.9 Å². The third-order valence-corrected chi connectivity index (χ3v) is 3.01. The van der Waals surface area contributed by atoms with Crippen molar-refractivity contribution in [1.29, 1.82) is 0 Å². The molecule has 1 aromatic carbocycles. The van der Waals surface area contributed by atoms with Gasteiger partial charge >= 0.3 is 0 Å². The van der Waals surface area contributed by atoms with Crippen molar-refractivity contribution >= 4 is 5.84 Å². The Kier molecular flexibility index (Phi) is 4.70. The van der Waals surface area contributed by atoms with Crippen LogP contribution in [0, 0.1) is 11.7 Å². The SMILES string of the molecule is N/C(=N/O)c1cc(F)cc(COCC2CCOC2)c1. The van der Waals surface area contributed by atoms with Gasteiger partial charge in [0, 0.05) is 18.1 Å². The molecule has 3 N–H and O–H groups in total. The fourth-order valence-corrected chi connectivity index (χ4v) is 2.00. The Balaban J connectivity index is 1.93. The summed E-state index contributed by atoms with van der Waals surface area (Å²) in [6.45, 7) is 2.38. The molecule has 1 aliphatic rings. The van der Waals surface area contributed by atoms with E-state index in [1.54, 1.807) is 6.07 Å². The molecule has 0 aliphatic carbocycles. The second-order valence-electron chi connectivity index (χ2n) is 4.58. The molecule has 0 amide bonds. The maximum atomic E-state index is 13.4. The largest absolute Gasteiger partial charge is 0.409 e. The van der Waals surface area contributed by atoms with Gasteiger partial charge in [-0.25, -0.2) is 4.39 Å². The minimum atomic E-state index is -0.438. The standard InChI is InChI=1S/C13H17FN2O3/c14-12-4-10(3-11(5-12)13(15)16-17)8-19-7-9-1-2-18-6-9/h3-5,9,17H,1-2,6-8H2,(H2,15,16). The van der Waals surface area contributed by atoms with E-state index >= 15 is 0 Å². The first-order valence-corrected chi connectivity index (χ1v) is 6.12. The van der Waals surface area contributed by atoms with Crippen LogP contribution in [-0.2, 0) is 16.1 Å². The van der Waals surface area contributed by atoms with E-state index in [4.69, 9.17) is 20.4 Å². The van der Waals surface area contributed by atoms with Gasteiger partial charge in [-0.3, -0.25) is 0 Å². The van der Waals surface area contributed by atoms with Gasteiger partial charge in [-0.15, -0.1) is 0 Å². The second-order valence-corrected chi connectivity index (χ2v) is 4.58. The van der Waals surface area contributed by atoms with Crippen molar-refractivity contribution in [2.24, 2.45) is 16.8 Å². The summed E-state index contributed by atoms with van der Waals surface area (Å²) >= 11 is 0.